The number of carbonyl (C=O) groups excluding carboxylic acids is 1. The van der Waals surface area contributed by atoms with Gasteiger partial charge in [-0.15, -0.1) is 0 Å². The van der Waals surface area contributed by atoms with Crippen LogP contribution < -0.4 is 15.2 Å². The lowest BCUT2D eigenvalue weighted by Gasteiger charge is -2.34. The largest absolute Gasteiger partial charge is 0.490 e. The molecule has 2 heterocycles. The van der Waals surface area contributed by atoms with E-state index in [0.717, 1.165) is 32.4 Å². The lowest BCUT2D eigenvalue weighted by atomic mass is 9.90. The summed E-state index contributed by atoms with van der Waals surface area (Å²) in [7, 11) is 0. The molecule has 2 N–H and O–H groups in total. The Morgan fingerprint density at radius 1 is 1.27 bits per heavy atom. The molecule has 120 valence electrons. The second kappa shape index (κ2) is 6.57. The maximum absolute atomic E-state index is 12.8. The molecular formula is C17H24N2O3. The summed E-state index contributed by atoms with van der Waals surface area (Å²) in [5.74, 6) is 1.81. The number of likely N-dealkylation sites (tertiary alicyclic amines) is 1. The molecule has 0 radical (unpaired) electrons. The Kier molecular flexibility index (Phi) is 4.52. The second-order valence-electron chi connectivity index (χ2n) is 6.17. The van der Waals surface area contributed by atoms with Crippen molar-refractivity contribution in [3.05, 3.63) is 23.8 Å². The Balaban J connectivity index is 1.76. The van der Waals surface area contributed by atoms with E-state index < -0.39 is 0 Å². The highest BCUT2D eigenvalue weighted by atomic mass is 16.5. The molecule has 1 fully saturated rings. The van der Waals surface area contributed by atoms with Gasteiger partial charge in [-0.2, -0.15) is 0 Å². The summed E-state index contributed by atoms with van der Waals surface area (Å²) in [6.07, 6.45) is 2.77. The van der Waals surface area contributed by atoms with Crippen molar-refractivity contribution in [2.24, 2.45) is 11.7 Å². The van der Waals surface area contributed by atoms with Crippen molar-refractivity contribution in [3.63, 3.8) is 0 Å². The summed E-state index contributed by atoms with van der Waals surface area (Å²) in [6.45, 7) is 4.78. The smallest absolute Gasteiger partial charge is 0.257 e. The van der Waals surface area contributed by atoms with E-state index in [1.54, 1.807) is 0 Å². The Morgan fingerprint density at radius 3 is 2.73 bits per heavy atom. The molecule has 22 heavy (non-hydrogen) atoms. The standard InChI is InChI=1S/C17H24N2O3/c1-12(18)13-6-8-19(9-7-13)17(20)14-4-2-5-15-16(14)22-11-3-10-21-15/h2,4-5,12-13H,3,6-11,18H2,1H3/t12-/m0/s1. The molecule has 0 spiro atoms. The fourth-order valence-corrected chi connectivity index (χ4v) is 3.16. The molecule has 0 saturated carbocycles. The van der Waals surface area contributed by atoms with E-state index in [-0.39, 0.29) is 11.9 Å². The van der Waals surface area contributed by atoms with Gasteiger partial charge >= 0.3 is 0 Å². The minimum atomic E-state index is 0.0328. The number of benzene rings is 1. The van der Waals surface area contributed by atoms with E-state index >= 15 is 0 Å². The molecule has 5 nitrogen and oxygen atoms in total. The number of fused-ring (bicyclic) bond motifs is 1. The first-order valence-electron chi connectivity index (χ1n) is 8.10. The van der Waals surface area contributed by atoms with Crippen LogP contribution in [0.15, 0.2) is 18.2 Å². The number of rotatable bonds is 2. The average molecular weight is 304 g/mol. The molecule has 5 heteroatoms. The van der Waals surface area contributed by atoms with Crippen molar-refractivity contribution in [3.8, 4) is 11.5 Å². The number of nitrogens with zero attached hydrogens (tertiary/aromatic N) is 1. The van der Waals surface area contributed by atoms with Crippen LogP contribution in [0, 0.1) is 5.92 Å². The summed E-state index contributed by atoms with van der Waals surface area (Å²) in [5.41, 5.74) is 6.58. The zero-order valence-corrected chi connectivity index (χ0v) is 13.1. The number of ether oxygens (including phenoxy) is 2. The van der Waals surface area contributed by atoms with Gasteiger partial charge in [0.05, 0.1) is 18.8 Å². The summed E-state index contributed by atoms with van der Waals surface area (Å²) in [5, 5.41) is 0. The maximum Gasteiger partial charge on any atom is 0.257 e. The molecular weight excluding hydrogens is 280 g/mol. The van der Waals surface area contributed by atoms with Crippen LogP contribution in [0.1, 0.15) is 36.5 Å². The number of nitrogens with two attached hydrogens (primary N) is 1. The molecule has 2 aliphatic heterocycles. The zero-order valence-electron chi connectivity index (χ0n) is 13.1. The number of carbonyl (C=O) groups is 1. The van der Waals surface area contributed by atoms with Crippen LogP contribution in [0.25, 0.3) is 0 Å². The van der Waals surface area contributed by atoms with E-state index in [1.165, 1.54) is 0 Å². The van der Waals surface area contributed by atoms with Crippen molar-refractivity contribution >= 4 is 5.91 Å². The average Bonchev–Trinajstić information content (AvgIpc) is 2.79. The molecule has 1 amide bonds. The number of hydrogen-bond donors (Lipinski definition) is 1. The van der Waals surface area contributed by atoms with Gasteiger partial charge < -0.3 is 20.1 Å². The molecule has 1 atom stereocenters. The molecule has 0 bridgehead atoms. The number of hydrogen-bond acceptors (Lipinski definition) is 4. The number of piperidine rings is 1. The molecule has 1 saturated heterocycles. The predicted octanol–water partition coefficient (Wildman–Crippen LogP) is 2.05. The molecule has 0 aliphatic carbocycles. The van der Waals surface area contributed by atoms with Gasteiger partial charge in [0.15, 0.2) is 11.5 Å². The molecule has 2 aliphatic rings. The second-order valence-corrected chi connectivity index (χ2v) is 6.17. The van der Waals surface area contributed by atoms with Gasteiger partial charge in [0.25, 0.3) is 5.91 Å². The normalized spacial score (nSPS) is 20.4. The van der Waals surface area contributed by atoms with Crippen molar-refractivity contribution in [2.45, 2.75) is 32.2 Å². The van der Waals surface area contributed by atoms with Crippen molar-refractivity contribution in [2.75, 3.05) is 26.3 Å². The first-order chi connectivity index (χ1) is 10.7. The van der Waals surface area contributed by atoms with Crippen LogP contribution in [-0.2, 0) is 0 Å². The summed E-state index contributed by atoms with van der Waals surface area (Å²) in [6, 6.07) is 5.74. The van der Waals surface area contributed by atoms with Crippen LogP contribution in [0.3, 0.4) is 0 Å². The Labute approximate surface area is 131 Å². The van der Waals surface area contributed by atoms with Crippen molar-refractivity contribution < 1.29 is 14.3 Å². The van der Waals surface area contributed by atoms with E-state index in [1.807, 2.05) is 30.0 Å². The molecule has 0 aromatic heterocycles. The highest BCUT2D eigenvalue weighted by Gasteiger charge is 2.28. The SMILES string of the molecule is C[C@H](N)C1CCN(C(=O)c2cccc3c2OCCCO3)CC1. The summed E-state index contributed by atoms with van der Waals surface area (Å²) < 4.78 is 11.4. The van der Waals surface area contributed by atoms with Crippen LogP contribution in [0.4, 0.5) is 0 Å². The third-order valence-electron chi connectivity index (χ3n) is 4.57. The summed E-state index contributed by atoms with van der Waals surface area (Å²) >= 11 is 0. The van der Waals surface area contributed by atoms with Gasteiger partial charge in [0, 0.05) is 25.6 Å². The third-order valence-corrected chi connectivity index (χ3v) is 4.57. The minimum absolute atomic E-state index is 0.0328. The maximum atomic E-state index is 12.8. The van der Waals surface area contributed by atoms with Gasteiger partial charge in [-0.25, -0.2) is 0 Å². The lowest BCUT2D eigenvalue weighted by Crippen LogP contribution is -2.42. The fraction of sp³-hybridized carbons (Fsp3) is 0.588. The van der Waals surface area contributed by atoms with Gasteiger partial charge in [-0.05, 0) is 37.8 Å². The van der Waals surface area contributed by atoms with Gasteiger partial charge in [0.2, 0.25) is 0 Å². The van der Waals surface area contributed by atoms with E-state index in [9.17, 15) is 4.79 Å². The Bertz CT molecular complexity index is 537. The van der Waals surface area contributed by atoms with E-state index in [4.69, 9.17) is 15.2 Å². The van der Waals surface area contributed by atoms with Gasteiger partial charge in [0.1, 0.15) is 0 Å². The molecule has 0 unspecified atom stereocenters. The first kappa shape index (κ1) is 15.2. The van der Waals surface area contributed by atoms with Crippen LogP contribution in [0.5, 0.6) is 11.5 Å². The Morgan fingerprint density at radius 2 is 2.00 bits per heavy atom. The minimum Gasteiger partial charge on any atom is -0.490 e. The van der Waals surface area contributed by atoms with Gasteiger partial charge in [-0.3, -0.25) is 4.79 Å². The van der Waals surface area contributed by atoms with E-state index in [0.29, 0.717) is 36.2 Å². The zero-order chi connectivity index (χ0) is 15.5. The predicted molar refractivity (Wildman–Crippen MR) is 84.3 cm³/mol. The highest BCUT2D eigenvalue weighted by Crippen LogP contribution is 2.34. The van der Waals surface area contributed by atoms with Crippen molar-refractivity contribution in [1.82, 2.24) is 4.90 Å². The van der Waals surface area contributed by atoms with Crippen LogP contribution >= 0.6 is 0 Å². The molecule has 1 aromatic carbocycles. The van der Waals surface area contributed by atoms with Gasteiger partial charge in [-0.1, -0.05) is 6.07 Å². The fourth-order valence-electron chi connectivity index (χ4n) is 3.16. The monoisotopic (exact) mass is 304 g/mol. The quantitative estimate of drug-likeness (QED) is 0.908. The first-order valence-corrected chi connectivity index (χ1v) is 8.10. The number of para-hydroxylation sites is 1. The Hall–Kier alpha value is -1.75. The van der Waals surface area contributed by atoms with Crippen LogP contribution in [-0.4, -0.2) is 43.2 Å². The number of amides is 1. The lowest BCUT2D eigenvalue weighted by molar-refractivity contribution is 0.0676. The summed E-state index contributed by atoms with van der Waals surface area (Å²) in [4.78, 5) is 14.7. The third kappa shape index (κ3) is 3.04. The molecule has 3 rings (SSSR count). The topological polar surface area (TPSA) is 64.8 Å². The van der Waals surface area contributed by atoms with E-state index in [2.05, 4.69) is 0 Å². The highest BCUT2D eigenvalue weighted by molar-refractivity contribution is 5.97. The van der Waals surface area contributed by atoms with Crippen LogP contribution in [0.2, 0.25) is 0 Å². The van der Waals surface area contributed by atoms with Crippen molar-refractivity contribution in [1.29, 1.82) is 0 Å². The molecule has 1 aromatic rings.